The first-order valence-corrected chi connectivity index (χ1v) is 7.14. The predicted molar refractivity (Wildman–Crippen MR) is 72.6 cm³/mol. The fraction of sp³-hybridized carbons (Fsp3) is 0.182. The van der Waals surface area contributed by atoms with Crippen molar-refractivity contribution >= 4 is 43.2 Å². The monoisotopic (exact) mass is 361 g/mol. The van der Waals surface area contributed by atoms with Gasteiger partial charge in [0.2, 0.25) is 0 Å². The Kier molecular flexibility index (Phi) is 4.13. The van der Waals surface area contributed by atoms with Crippen LogP contribution in [0.2, 0.25) is 0 Å². The molecule has 84 valence electrons. The van der Waals surface area contributed by atoms with Gasteiger partial charge in [-0.05, 0) is 23.8 Å². The van der Waals surface area contributed by atoms with Crippen LogP contribution in [0.25, 0.3) is 0 Å². The molecule has 0 amide bonds. The lowest BCUT2D eigenvalue weighted by Gasteiger charge is -2.10. The van der Waals surface area contributed by atoms with Crippen LogP contribution < -0.4 is 0 Å². The molecule has 0 fully saturated rings. The number of nitrogens with zero attached hydrogens (tertiary/aromatic N) is 1. The molecule has 1 unspecified atom stereocenters. The highest BCUT2D eigenvalue weighted by molar-refractivity contribution is 9.11. The average Bonchev–Trinajstić information content (AvgIpc) is 2.68. The van der Waals surface area contributed by atoms with Crippen LogP contribution in [-0.4, -0.2) is 10.1 Å². The van der Waals surface area contributed by atoms with Crippen molar-refractivity contribution in [3.05, 3.63) is 49.3 Å². The van der Waals surface area contributed by atoms with E-state index >= 15 is 0 Å². The van der Waals surface area contributed by atoms with Crippen LogP contribution in [-0.2, 0) is 6.42 Å². The average molecular weight is 363 g/mol. The minimum atomic E-state index is -0.514. The van der Waals surface area contributed by atoms with E-state index < -0.39 is 6.10 Å². The molecule has 1 atom stereocenters. The minimum Gasteiger partial charge on any atom is -0.388 e. The molecule has 1 heterocycles. The summed E-state index contributed by atoms with van der Waals surface area (Å²) in [6.45, 7) is 0. The van der Waals surface area contributed by atoms with Crippen LogP contribution in [0.1, 0.15) is 16.7 Å². The summed E-state index contributed by atoms with van der Waals surface area (Å²) in [6.07, 6.45) is 1.80. The topological polar surface area (TPSA) is 33.1 Å². The van der Waals surface area contributed by atoms with Crippen molar-refractivity contribution in [1.29, 1.82) is 0 Å². The maximum atomic E-state index is 10.1. The third-order valence-electron chi connectivity index (χ3n) is 2.12. The molecule has 0 aliphatic heterocycles. The number of hydrogen-bond acceptors (Lipinski definition) is 3. The number of aliphatic hydroxyl groups is 1. The van der Waals surface area contributed by atoms with E-state index in [9.17, 15) is 5.11 Å². The molecule has 0 aliphatic carbocycles. The van der Waals surface area contributed by atoms with Crippen molar-refractivity contribution in [3.63, 3.8) is 0 Å². The molecular weight excluding hydrogens is 354 g/mol. The van der Waals surface area contributed by atoms with Gasteiger partial charge in [-0.1, -0.05) is 31.9 Å². The molecule has 1 aromatic carbocycles. The lowest BCUT2D eigenvalue weighted by Crippen LogP contribution is -2.01. The van der Waals surface area contributed by atoms with Gasteiger partial charge in [0.05, 0.1) is 11.1 Å². The number of thiazole rings is 1. The van der Waals surface area contributed by atoms with Gasteiger partial charge in [-0.3, -0.25) is 0 Å². The van der Waals surface area contributed by atoms with Gasteiger partial charge >= 0.3 is 0 Å². The summed E-state index contributed by atoms with van der Waals surface area (Å²) in [5, 5.41) is 12.9. The lowest BCUT2D eigenvalue weighted by molar-refractivity contribution is 0.178. The van der Waals surface area contributed by atoms with Crippen LogP contribution >= 0.6 is 43.2 Å². The van der Waals surface area contributed by atoms with E-state index in [1.165, 1.54) is 0 Å². The molecule has 0 spiro atoms. The van der Waals surface area contributed by atoms with Crippen LogP contribution in [0.15, 0.2) is 38.7 Å². The van der Waals surface area contributed by atoms with Crippen LogP contribution in [0.4, 0.5) is 0 Å². The summed E-state index contributed by atoms with van der Waals surface area (Å²) in [5.41, 5.74) is 0.886. The first-order valence-electron chi connectivity index (χ1n) is 4.67. The van der Waals surface area contributed by atoms with E-state index in [0.717, 1.165) is 19.5 Å². The summed E-state index contributed by atoms with van der Waals surface area (Å²) in [6, 6.07) is 5.78. The Morgan fingerprint density at radius 3 is 2.50 bits per heavy atom. The molecule has 0 saturated heterocycles. The highest BCUT2D eigenvalue weighted by Crippen LogP contribution is 2.26. The largest absolute Gasteiger partial charge is 0.388 e. The van der Waals surface area contributed by atoms with Gasteiger partial charge in [0.25, 0.3) is 0 Å². The van der Waals surface area contributed by atoms with Crippen molar-refractivity contribution in [3.8, 4) is 0 Å². The van der Waals surface area contributed by atoms with E-state index in [1.54, 1.807) is 17.5 Å². The molecule has 0 bridgehead atoms. The molecule has 5 heteroatoms. The van der Waals surface area contributed by atoms with Crippen LogP contribution in [0.5, 0.6) is 0 Å². The zero-order chi connectivity index (χ0) is 11.5. The molecule has 1 aromatic heterocycles. The van der Waals surface area contributed by atoms with Gasteiger partial charge in [-0.25, -0.2) is 4.98 Å². The summed E-state index contributed by atoms with van der Waals surface area (Å²) >= 11 is 8.37. The maximum absolute atomic E-state index is 10.1. The number of rotatable bonds is 3. The predicted octanol–water partition coefficient (Wildman–Crippen LogP) is 3.94. The summed E-state index contributed by atoms with van der Waals surface area (Å²) in [5.74, 6) is 0. The summed E-state index contributed by atoms with van der Waals surface area (Å²) in [4.78, 5) is 4.16. The standard InChI is InChI=1S/C11H9Br2NOS/c12-8-3-7(4-9(13)5-8)10(15)6-11-14-1-2-16-11/h1-5,10,15H,6H2. The first kappa shape index (κ1) is 12.2. The number of aromatic nitrogens is 1. The quantitative estimate of drug-likeness (QED) is 0.896. The van der Waals surface area contributed by atoms with E-state index in [2.05, 4.69) is 36.8 Å². The molecule has 2 aromatic rings. The second-order valence-electron chi connectivity index (χ2n) is 3.35. The van der Waals surface area contributed by atoms with E-state index in [4.69, 9.17) is 0 Å². The SMILES string of the molecule is OC(Cc1nccs1)c1cc(Br)cc(Br)c1. The molecule has 2 rings (SSSR count). The van der Waals surface area contributed by atoms with E-state index in [0.29, 0.717) is 6.42 Å². The second-order valence-corrected chi connectivity index (χ2v) is 6.16. The third-order valence-corrected chi connectivity index (χ3v) is 3.84. The molecular formula is C11H9Br2NOS. The Morgan fingerprint density at radius 1 is 1.25 bits per heavy atom. The number of aliphatic hydroxyl groups excluding tert-OH is 1. The molecule has 1 N–H and O–H groups in total. The zero-order valence-corrected chi connectivity index (χ0v) is 12.2. The number of hydrogen-bond donors (Lipinski definition) is 1. The Morgan fingerprint density at radius 2 is 1.94 bits per heavy atom. The highest BCUT2D eigenvalue weighted by Gasteiger charge is 2.11. The Balaban J connectivity index is 2.17. The maximum Gasteiger partial charge on any atom is 0.0954 e. The van der Waals surface area contributed by atoms with Gasteiger partial charge < -0.3 is 5.11 Å². The van der Waals surface area contributed by atoms with Crippen molar-refractivity contribution in [2.75, 3.05) is 0 Å². The van der Waals surface area contributed by atoms with Crippen molar-refractivity contribution < 1.29 is 5.11 Å². The Bertz CT molecular complexity index is 453. The minimum absolute atomic E-state index is 0.514. The summed E-state index contributed by atoms with van der Waals surface area (Å²) < 4.78 is 1.91. The van der Waals surface area contributed by atoms with Gasteiger partial charge in [0, 0.05) is 26.9 Å². The van der Waals surface area contributed by atoms with Crippen molar-refractivity contribution in [2.45, 2.75) is 12.5 Å². The van der Waals surface area contributed by atoms with Gasteiger partial charge in [-0.2, -0.15) is 0 Å². The van der Waals surface area contributed by atoms with E-state index in [-0.39, 0.29) is 0 Å². The molecule has 16 heavy (non-hydrogen) atoms. The first-order chi connectivity index (χ1) is 7.65. The smallest absolute Gasteiger partial charge is 0.0954 e. The number of halogens is 2. The van der Waals surface area contributed by atoms with E-state index in [1.807, 2.05) is 23.6 Å². The molecule has 0 radical (unpaired) electrons. The lowest BCUT2D eigenvalue weighted by atomic mass is 10.1. The Labute approximate surface area is 115 Å². The Hall–Kier alpha value is -0.230. The molecule has 0 saturated carbocycles. The van der Waals surface area contributed by atoms with Crippen molar-refractivity contribution in [1.82, 2.24) is 4.98 Å². The van der Waals surface area contributed by atoms with Crippen LogP contribution in [0.3, 0.4) is 0 Å². The fourth-order valence-corrected chi connectivity index (χ4v) is 3.39. The van der Waals surface area contributed by atoms with Crippen molar-refractivity contribution in [2.24, 2.45) is 0 Å². The molecule has 2 nitrogen and oxygen atoms in total. The van der Waals surface area contributed by atoms with Gasteiger partial charge in [0.1, 0.15) is 0 Å². The fourth-order valence-electron chi connectivity index (χ4n) is 1.40. The molecule has 0 aliphatic rings. The van der Waals surface area contributed by atoms with Gasteiger partial charge in [-0.15, -0.1) is 11.3 Å². The van der Waals surface area contributed by atoms with Crippen LogP contribution in [0, 0.1) is 0 Å². The highest BCUT2D eigenvalue weighted by atomic mass is 79.9. The van der Waals surface area contributed by atoms with Gasteiger partial charge in [0.15, 0.2) is 0 Å². The number of benzene rings is 1. The second kappa shape index (κ2) is 5.40. The normalized spacial score (nSPS) is 12.7. The zero-order valence-electron chi connectivity index (χ0n) is 8.23. The summed E-state index contributed by atoms with van der Waals surface area (Å²) in [7, 11) is 0. The third kappa shape index (κ3) is 3.13.